The van der Waals surface area contributed by atoms with E-state index < -0.39 is 23.5 Å². The summed E-state index contributed by atoms with van der Waals surface area (Å²) in [6.07, 6.45) is -0.243. The molecule has 1 heterocycles. The molecule has 1 amide bonds. The largest absolute Gasteiger partial charge is 0.497 e. The Bertz CT molecular complexity index is 868. The first kappa shape index (κ1) is 18.5. The van der Waals surface area contributed by atoms with Gasteiger partial charge in [-0.25, -0.2) is 9.59 Å². The topological polar surface area (TPSA) is 106 Å². The first-order valence-corrected chi connectivity index (χ1v) is 7.87. The minimum atomic E-state index is -1.11. The SMILES string of the molecule is COc1ccc2c(C)c(CC(=O)N[C@@H](C(=O)O)C(C)C)c(=O)oc2c1. The normalized spacial score (nSPS) is 12.2. The molecule has 0 radical (unpaired) electrons. The Balaban J connectivity index is 2.33. The van der Waals surface area contributed by atoms with E-state index in [4.69, 9.17) is 14.3 Å². The van der Waals surface area contributed by atoms with Gasteiger partial charge in [0.05, 0.1) is 19.1 Å². The van der Waals surface area contributed by atoms with Gasteiger partial charge < -0.3 is 19.6 Å². The van der Waals surface area contributed by atoms with Crippen LogP contribution in [0, 0.1) is 12.8 Å². The van der Waals surface area contributed by atoms with Crippen LogP contribution in [0.1, 0.15) is 25.0 Å². The zero-order valence-corrected chi connectivity index (χ0v) is 14.6. The van der Waals surface area contributed by atoms with Crippen LogP contribution in [0.5, 0.6) is 5.75 Å². The van der Waals surface area contributed by atoms with Crippen molar-refractivity contribution < 1.29 is 23.8 Å². The Morgan fingerprint density at radius 2 is 2.00 bits per heavy atom. The van der Waals surface area contributed by atoms with E-state index in [1.165, 1.54) is 7.11 Å². The average Bonchev–Trinajstić information content (AvgIpc) is 2.55. The molecule has 1 aromatic carbocycles. The highest BCUT2D eigenvalue weighted by atomic mass is 16.5. The lowest BCUT2D eigenvalue weighted by atomic mass is 10.0. The molecule has 2 rings (SSSR count). The molecule has 1 aromatic heterocycles. The molecule has 2 aromatic rings. The fourth-order valence-electron chi connectivity index (χ4n) is 2.60. The Hall–Kier alpha value is -2.83. The number of carboxylic acids is 1. The van der Waals surface area contributed by atoms with E-state index in [2.05, 4.69) is 5.32 Å². The number of benzene rings is 1. The highest BCUT2D eigenvalue weighted by Crippen LogP contribution is 2.24. The van der Waals surface area contributed by atoms with Crippen LogP contribution >= 0.6 is 0 Å². The van der Waals surface area contributed by atoms with E-state index in [0.29, 0.717) is 22.3 Å². The summed E-state index contributed by atoms with van der Waals surface area (Å²) < 4.78 is 10.4. The molecule has 0 aliphatic carbocycles. The summed E-state index contributed by atoms with van der Waals surface area (Å²) in [5.74, 6) is -1.37. The van der Waals surface area contributed by atoms with Gasteiger partial charge in [-0.2, -0.15) is 0 Å². The smallest absolute Gasteiger partial charge is 0.340 e. The van der Waals surface area contributed by atoms with E-state index in [1.807, 2.05) is 0 Å². The van der Waals surface area contributed by atoms with Crippen molar-refractivity contribution in [1.82, 2.24) is 5.32 Å². The molecule has 0 fully saturated rings. The third-order valence-corrected chi connectivity index (χ3v) is 4.08. The number of carbonyl (C=O) groups is 2. The van der Waals surface area contributed by atoms with Crippen molar-refractivity contribution in [2.45, 2.75) is 33.2 Å². The molecule has 7 heteroatoms. The second kappa shape index (κ2) is 7.38. The molecule has 2 N–H and O–H groups in total. The van der Waals surface area contributed by atoms with E-state index in [0.717, 1.165) is 0 Å². The van der Waals surface area contributed by atoms with Gasteiger partial charge in [0.2, 0.25) is 5.91 Å². The predicted molar refractivity (Wildman–Crippen MR) is 91.9 cm³/mol. The second-order valence-corrected chi connectivity index (χ2v) is 6.16. The number of carboxylic acid groups (broad SMARTS) is 1. The summed E-state index contributed by atoms with van der Waals surface area (Å²) in [4.78, 5) is 35.6. The lowest BCUT2D eigenvalue weighted by Crippen LogP contribution is -2.45. The number of amides is 1. The highest BCUT2D eigenvalue weighted by molar-refractivity contribution is 5.87. The van der Waals surface area contributed by atoms with E-state index >= 15 is 0 Å². The van der Waals surface area contributed by atoms with Gasteiger partial charge in [0, 0.05) is 11.5 Å². The Kier molecular flexibility index (Phi) is 5.46. The third-order valence-electron chi connectivity index (χ3n) is 4.08. The Morgan fingerprint density at radius 3 is 2.56 bits per heavy atom. The van der Waals surface area contributed by atoms with Crippen molar-refractivity contribution in [1.29, 1.82) is 0 Å². The molecule has 0 saturated carbocycles. The van der Waals surface area contributed by atoms with Gasteiger partial charge in [0.25, 0.3) is 0 Å². The predicted octanol–water partition coefficient (Wildman–Crippen LogP) is 1.88. The summed E-state index contributed by atoms with van der Waals surface area (Å²) in [6, 6.07) is 4.08. The first-order valence-electron chi connectivity index (χ1n) is 7.87. The fourth-order valence-corrected chi connectivity index (χ4v) is 2.60. The average molecular weight is 347 g/mol. The van der Waals surface area contributed by atoms with Crippen LogP contribution in [-0.4, -0.2) is 30.1 Å². The highest BCUT2D eigenvalue weighted by Gasteiger charge is 2.24. The van der Waals surface area contributed by atoms with Gasteiger partial charge in [-0.15, -0.1) is 0 Å². The lowest BCUT2D eigenvalue weighted by molar-refractivity contribution is -0.143. The molecule has 0 unspecified atom stereocenters. The van der Waals surface area contributed by atoms with Crippen molar-refractivity contribution in [3.8, 4) is 5.75 Å². The molecule has 0 aliphatic rings. The maximum atomic E-state index is 12.2. The maximum absolute atomic E-state index is 12.2. The molecule has 1 atom stereocenters. The fraction of sp³-hybridized carbons (Fsp3) is 0.389. The van der Waals surface area contributed by atoms with Gasteiger partial charge >= 0.3 is 11.6 Å². The van der Waals surface area contributed by atoms with E-state index in [9.17, 15) is 14.4 Å². The van der Waals surface area contributed by atoms with Gasteiger partial charge in [-0.3, -0.25) is 4.79 Å². The van der Waals surface area contributed by atoms with Crippen molar-refractivity contribution >= 4 is 22.8 Å². The molecule has 0 bridgehead atoms. The van der Waals surface area contributed by atoms with Crippen LogP contribution < -0.4 is 15.7 Å². The zero-order valence-electron chi connectivity index (χ0n) is 14.6. The number of aryl methyl sites for hydroxylation is 1. The number of carbonyl (C=O) groups excluding carboxylic acids is 1. The van der Waals surface area contributed by atoms with Crippen LogP contribution in [0.25, 0.3) is 11.0 Å². The standard InChI is InChI=1S/C18H21NO6/c1-9(2)16(17(21)22)19-15(20)8-13-10(3)12-6-5-11(24-4)7-14(12)25-18(13)23/h5-7,9,16H,8H2,1-4H3,(H,19,20)(H,21,22)/t16-/m1/s1. The van der Waals surface area contributed by atoms with Crippen LogP contribution in [0.15, 0.2) is 27.4 Å². The van der Waals surface area contributed by atoms with E-state index in [1.54, 1.807) is 39.0 Å². The number of methoxy groups -OCH3 is 1. The second-order valence-electron chi connectivity index (χ2n) is 6.16. The van der Waals surface area contributed by atoms with E-state index in [-0.39, 0.29) is 17.9 Å². The lowest BCUT2D eigenvalue weighted by Gasteiger charge is -2.18. The third kappa shape index (κ3) is 3.99. The number of hydrogen-bond donors (Lipinski definition) is 2. The number of aliphatic carboxylic acids is 1. The molecular formula is C18H21NO6. The Morgan fingerprint density at radius 1 is 1.32 bits per heavy atom. The number of hydrogen-bond acceptors (Lipinski definition) is 5. The monoisotopic (exact) mass is 347 g/mol. The molecular weight excluding hydrogens is 326 g/mol. The molecule has 134 valence electrons. The maximum Gasteiger partial charge on any atom is 0.340 e. The molecule has 7 nitrogen and oxygen atoms in total. The summed E-state index contributed by atoms with van der Waals surface area (Å²) in [5, 5.41) is 12.3. The number of rotatable bonds is 6. The first-order chi connectivity index (χ1) is 11.7. The van der Waals surface area contributed by atoms with Gasteiger partial charge in [-0.05, 0) is 30.5 Å². The van der Waals surface area contributed by atoms with Gasteiger partial charge in [-0.1, -0.05) is 13.8 Å². The van der Waals surface area contributed by atoms with Crippen LogP contribution in [0.2, 0.25) is 0 Å². The number of nitrogens with one attached hydrogen (secondary N) is 1. The summed E-state index contributed by atoms with van der Waals surface area (Å²) >= 11 is 0. The molecule has 0 saturated heterocycles. The van der Waals surface area contributed by atoms with Gasteiger partial charge in [0.15, 0.2) is 0 Å². The number of fused-ring (bicyclic) bond motifs is 1. The minimum absolute atomic E-state index is 0.211. The quantitative estimate of drug-likeness (QED) is 0.773. The summed E-state index contributed by atoms with van der Waals surface area (Å²) in [6.45, 7) is 5.12. The van der Waals surface area contributed by atoms with Crippen LogP contribution in [0.4, 0.5) is 0 Å². The van der Waals surface area contributed by atoms with Gasteiger partial charge in [0.1, 0.15) is 17.4 Å². The van der Waals surface area contributed by atoms with Crippen LogP contribution in [-0.2, 0) is 16.0 Å². The molecule has 0 aliphatic heterocycles. The molecule has 0 spiro atoms. The van der Waals surface area contributed by atoms with Crippen molar-refractivity contribution in [2.24, 2.45) is 5.92 Å². The number of ether oxygens (including phenoxy) is 1. The zero-order chi connectivity index (χ0) is 18.7. The molecule has 25 heavy (non-hydrogen) atoms. The summed E-state index contributed by atoms with van der Waals surface area (Å²) in [7, 11) is 1.51. The summed E-state index contributed by atoms with van der Waals surface area (Å²) in [5.41, 5.74) is 0.588. The van der Waals surface area contributed by atoms with Crippen molar-refractivity contribution in [2.75, 3.05) is 7.11 Å². The van der Waals surface area contributed by atoms with Crippen molar-refractivity contribution in [3.63, 3.8) is 0 Å². The Labute approximate surface area is 144 Å². The van der Waals surface area contributed by atoms with Crippen molar-refractivity contribution in [3.05, 3.63) is 39.7 Å². The minimum Gasteiger partial charge on any atom is -0.497 e. The van der Waals surface area contributed by atoms with Crippen LogP contribution in [0.3, 0.4) is 0 Å².